The molecule has 0 aromatic heterocycles. The number of aliphatic carboxylic acids is 1. The molecular weight excluding hydrogens is 180 g/mol. The van der Waals surface area contributed by atoms with Gasteiger partial charge in [0.05, 0.1) is 6.54 Å². The van der Waals surface area contributed by atoms with Crippen LogP contribution in [0.25, 0.3) is 0 Å². The molecule has 0 unspecified atom stereocenters. The number of nitrogens with zero attached hydrogens (tertiary/aromatic N) is 2. The molecule has 14 heavy (non-hydrogen) atoms. The van der Waals surface area contributed by atoms with Gasteiger partial charge in [-0.25, -0.2) is 0 Å². The van der Waals surface area contributed by atoms with E-state index in [-0.39, 0.29) is 6.54 Å². The van der Waals surface area contributed by atoms with Crippen molar-refractivity contribution in [3.05, 3.63) is 12.7 Å². The van der Waals surface area contributed by atoms with Crippen molar-refractivity contribution in [1.82, 2.24) is 9.80 Å². The van der Waals surface area contributed by atoms with Gasteiger partial charge in [-0.1, -0.05) is 6.08 Å². The van der Waals surface area contributed by atoms with Crippen molar-refractivity contribution in [1.29, 1.82) is 0 Å². The van der Waals surface area contributed by atoms with Gasteiger partial charge < -0.3 is 5.11 Å². The van der Waals surface area contributed by atoms with Crippen LogP contribution in [0.4, 0.5) is 0 Å². The van der Waals surface area contributed by atoms with Crippen LogP contribution in [-0.4, -0.2) is 60.1 Å². The Hall–Kier alpha value is -0.870. The summed E-state index contributed by atoms with van der Waals surface area (Å²) in [4.78, 5) is 14.8. The van der Waals surface area contributed by atoms with Crippen LogP contribution in [0.5, 0.6) is 0 Å². The van der Waals surface area contributed by atoms with E-state index in [0.29, 0.717) is 0 Å². The first kappa shape index (κ1) is 11.2. The zero-order valence-electron chi connectivity index (χ0n) is 8.48. The normalized spacial score (nSPS) is 20.3. The van der Waals surface area contributed by atoms with E-state index >= 15 is 0 Å². The second-order valence-corrected chi connectivity index (χ2v) is 3.61. The lowest BCUT2D eigenvalue weighted by atomic mass is 10.4. The molecular formula is C10H18N2O2. The Morgan fingerprint density at radius 1 is 1.29 bits per heavy atom. The standard InChI is InChI=1S/C10H18N2O2/c1-2-4-11-5-3-6-12(8-7-11)9-10(13)14/h2H,1,3-9H2,(H,13,14). The van der Waals surface area contributed by atoms with Gasteiger partial charge in [-0.15, -0.1) is 6.58 Å². The van der Waals surface area contributed by atoms with E-state index in [1.165, 1.54) is 0 Å². The summed E-state index contributed by atoms with van der Waals surface area (Å²) in [6, 6.07) is 0. The molecule has 0 bridgehead atoms. The highest BCUT2D eigenvalue weighted by molar-refractivity contribution is 5.69. The van der Waals surface area contributed by atoms with Crippen LogP contribution in [0.1, 0.15) is 6.42 Å². The van der Waals surface area contributed by atoms with Crippen LogP contribution in [0.15, 0.2) is 12.7 Å². The predicted molar refractivity (Wildman–Crippen MR) is 55.3 cm³/mol. The molecule has 0 aliphatic carbocycles. The maximum Gasteiger partial charge on any atom is 0.317 e. The first-order valence-electron chi connectivity index (χ1n) is 5.00. The zero-order valence-corrected chi connectivity index (χ0v) is 8.48. The molecule has 0 amide bonds. The quantitative estimate of drug-likeness (QED) is 0.658. The summed E-state index contributed by atoms with van der Waals surface area (Å²) in [6.07, 6.45) is 2.94. The topological polar surface area (TPSA) is 43.8 Å². The van der Waals surface area contributed by atoms with Crippen molar-refractivity contribution < 1.29 is 9.90 Å². The molecule has 1 rings (SSSR count). The SMILES string of the molecule is C=CCN1CCCN(CC(=O)O)CC1. The Morgan fingerprint density at radius 3 is 2.57 bits per heavy atom. The average molecular weight is 198 g/mol. The second-order valence-electron chi connectivity index (χ2n) is 3.61. The Morgan fingerprint density at radius 2 is 1.93 bits per heavy atom. The van der Waals surface area contributed by atoms with E-state index < -0.39 is 5.97 Å². The van der Waals surface area contributed by atoms with E-state index in [4.69, 9.17) is 5.11 Å². The largest absolute Gasteiger partial charge is 0.480 e. The molecule has 4 nitrogen and oxygen atoms in total. The van der Waals surface area contributed by atoms with E-state index in [0.717, 1.165) is 39.1 Å². The number of rotatable bonds is 4. The van der Waals surface area contributed by atoms with Gasteiger partial charge in [-0.2, -0.15) is 0 Å². The summed E-state index contributed by atoms with van der Waals surface area (Å²) in [5, 5.41) is 8.66. The van der Waals surface area contributed by atoms with E-state index in [1.807, 2.05) is 11.0 Å². The third kappa shape index (κ3) is 3.89. The number of hydrogen-bond donors (Lipinski definition) is 1. The maximum absolute atomic E-state index is 10.5. The zero-order chi connectivity index (χ0) is 10.4. The molecule has 1 N–H and O–H groups in total. The minimum atomic E-state index is -0.734. The molecule has 4 heteroatoms. The molecule has 0 aromatic rings. The molecule has 0 spiro atoms. The smallest absolute Gasteiger partial charge is 0.317 e. The fraction of sp³-hybridized carbons (Fsp3) is 0.700. The van der Waals surface area contributed by atoms with Crippen molar-refractivity contribution in [2.45, 2.75) is 6.42 Å². The van der Waals surface area contributed by atoms with Crippen LogP contribution in [0, 0.1) is 0 Å². The third-order valence-corrected chi connectivity index (χ3v) is 2.43. The van der Waals surface area contributed by atoms with Crippen molar-refractivity contribution in [3.63, 3.8) is 0 Å². The first-order valence-corrected chi connectivity index (χ1v) is 5.00. The molecule has 1 aliphatic heterocycles. The maximum atomic E-state index is 10.5. The first-order chi connectivity index (χ1) is 6.72. The molecule has 0 saturated carbocycles. The molecule has 1 fully saturated rings. The minimum absolute atomic E-state index is 0.169. The summed E-state index contributed by atoms with van der Waals surface area (Å²) in [6.45, 7) is 8.50. The number of hydrogen-bond acceptors (Lipinski definition) is 3. The average Bonchev–Trinajstić information content (AvgIpc) is 2.31. The van der Waals surface area contributed by atoms with Crippen molar-refractivity contribution in [2.24, 2.45) is 0 Å². The van der Waals surface area contributed by atoms with Crippen LogP contribution in [-0.2, 0) is 4.79 Å². The van der Waals surface area contributed by atoms with Crippen LogP contribution >= 0.6 is 0 Å². The second kappa shape index (κ2) is 5.78. The van der Waals surface area contributed by atoms with Crippen molar-refractivity contribution in [3.8, 4) is 0 Å². The van der Waals surface area contributed by atoms with E-state index in [9.17, 15) is 4.79 Å². The predicted octanol–water partition coefficient (Wildman–Crippen LogP) is 0.265. The van der Waals surface area contributed by atoms with E-state index in [2.05, 4.69) is 11.5 Å². The Bertz CT molecular complexity index is 206. The van der Waals surface area contributed by atoms with Crippen molar-refractivity contribution in [2.75, 3.05) is 39.3 Å². The summed E-state index contributed by atoms with van der Waals surface area (Å²) < 4.78 is 0. The Kier molecular flexibility index (Phi) is 4.62. The van der Waals surface area contributed by atoms with Gasteiger partial charge >= 0.3 is 5.97 Å². The molecule has 1 saturated heterocycles. The lowest BCUT2D eigenvalue weighted by Crippen LogP contribution is -2.34. The molecule has 0 radical (unpaired) electrons. The summed E-state index contributed by atoms with van der Waals surface area (Å²) in [5.74, 6) is -0.734. The van der Waals surface area contributed by atoms with Gasteiger partial charge in [0.1, 0.15) is 0 Å². The van der Waals surface area contributed by atoms with E-state index in [1.54, 1.807) is 0 Å². The summed E-state index contributed by atoms with van der Waals surface area (Å²) in [7, 11) is 0. The van der Waals surface area contributed by atoms with Gasteiger partial charge in [-0.05, 0) is 13.0 Å². The third-order valence-electron chi connectivity index (χ3n) is 2.43. The Balaban J connectivity index is 2.32. The monoisotopic (exact) mass is 198 g/mol. The van der Waals surface area contributed by atoms with Crippen molar-refractivity contribution >= 4 is 5.97 Å². The van der Waals surface area contributed by atoms with Gasteiger partial charge in [0.2, 0.25) is 0 Å². The highest BCUT2D eigenvalue weighted by Gasteiger charge is 2.15. The van der Waals surface area contributed by atoms with Gasteiger partial charge in [0.15, 0.2) is 0 Å². The number of carboxylic acid groups (broad SMARTS) is 1. The fourth-order valence-corrected chi connectivity index (χ4v) is 1.74. The van der Waals surface area contributed by atoms with Crippen LogP contribution < -0.4 is 0 Å². The molecule has 1 aliphatic rings. The molecule has 0 atom stereocenters. The fourth-order valence-electron chi connectivity index (χ4n) is 1.74. The molecule has 80 valence electrons. The summed E-state index contributed by atoms with van der Waals surface area (Å²) >= 11 is 0. The molecule has 0 aromatic carbocycles. The Labute approximate surface area is 84.8 Å². The highest BCUT2D eigenvalue weighted by Crippen LogP contribution is 2.02. The lowest BCUT2D eigenvalue weighted by molar-refractivity contribution is -0.138. The van der Waals surface area contributed by atoms with Gasteiger partial charge in [-0.3, -0.25) is 14.6 Å². The number of carboxylic acids is 1. The molecule has 1 heterocycles. The van der Waals surface area contributed by atoms with Gasteiger partial charge in [0.25, 0.3) is 0 Å². The summed E-state index contributed by atoms with van der Waals surface area (Å²) in [5.41, 5.74) is 0. The highest BCUT2D eigenvalue weighted by atomic mass is 16.4. The van der Waals surface area contributed by atoms with Crippen LogP contribution in [0.2, 0.25) is 0 Å². The van der Waals surface area contributed by atoms with Crippen LogP contribution in [0.3, 0.4) is 0 Å². The lowest BCUT2D eigenvalue weighted by Gasteiger charge is -2.18. The minimum Gasteiger partial charge on any atom is -0.480 e. The van der Waals surface area contributed by atoms with Gasteiger partial charge in [0, 0.05) is 26.2 Å². The number of carbonyl (C=O) groups is 1.